The maximum Gasteiger partial charge on any atom is 0.216 e. The van der Waals surface area contributed by atoms with E-state index in [2.05, 4.69) is 15.0 Å². The second kappa shape index (κ2) is 8.39. The molecule has 0 spiro atoms. The van der Waals surface area contributed by atoms with Gasteiger partial charge in [-0.2, -0.15) is 0 Å². The molecule has 1 heterocycles. The summed E-state index contributed by atoms with van der Waals surface area (Å²) in [5.74, 6) is 1.28. The second-order valence-corrected chi connectivity index (χ2v) is 6.42. The van der Waals surface area contributed by atoms with Crippen LogP contribution in [0.3, 0.4) is 0 Å². The number of aromatic nitrogens is 1. The van der Waals surface area contributed by atoms with Crippen molar-refractivity contribution in [1.29, 1.82) is 5.41 Å². The van der Waals surface area contributed by atoms with Crippen molar-refractivity contribution >= 4 is 29.2 Å². The van der Waals surface area contributed by atoms with Gasteiger partial charge in [-0.15, -0.1) is 11.3 Å². The molecule has 0 unspecified atom stereocenters. The summed E-state index contributed by atoms with van der Waals surface area (Å²) in [6.07, 6.45) is 1.11. The van der Waals surface area contributed by atoms with Crippen molar-refractivity contribution in [3.05, 3.63) is 39.3 Å². The molecule has 132 valence electrons. The van der Waals surface area contributed by atoms with Crippen molar-refractivity contribution in [2.45, 2.75) is 20.4 Å². The zero-order valence-electron chi connectivity index (χ0n) is 14.7. The van der Waals surface area contributed by atoms with E-state index in [0.29, 0.717) is 29.3 Å². The molecule has 25 heavy (non-hydrogen) atoms. The molecule has 1 aromatic heterocycles. The van der Waals surface area contributed by atoms with Gasteiger partial charge in [0.15, 0.2) is 0 Å². The molecule has 2 aromatic rings. The maximum atomic E-state index is 7.64. The zero-order valence-corrected chi connectivity index (χ0v) is 15.5. The molecule has 0 radical (unpaired) electrons. The summed E-state index contributed by atoms with van der Waals surface area (Å²) < 4.78 is 10.5. The summed E-state index contributed by atoms with van der Waals surface area (Å²) in [6.45, 7) is 4.34. The molecule has 1 aromatic carbocycles. The number of nitrogens with one attached hydrogen (secondary N) is 1. The topological polar surface area (TPSA) is 106 Å². The Kier molecular flexibility index (Phi) is 6.24. The Hall–Kier alpha value is -2.74. The lowest BCUT2D eigenvalue weighted by Crippen LogP contribution is -2.15. The van der Waals surface area contributed by atoms with Gasteiger partial charge in [-0.1, -0.05) is 0 Å². The third kappa shape index (κ3) is 4.63. The number of ether oxygens (including phenoxy) is 2. The van der Waals surface area contributed by atoms with Crippen LogP contribution in [0.1, 0.15) is 21.1 Å². The molecular formula is C17H21N5O2S. The molecule has 0 atom stereocenters. The van der Waals surface area contributed by atoms with Gasteiger partial charge in [-0.25, -0.2) is 15.0 Å². The van der Waals surface area contributed by atoms with Crippen LogP contribution in [0.15, 0.2) is 28.2 Å². The molecular weight excluding hydrogens is 338 g/mol. The van der Waals surface area contributed by atoms with E-state index in [9.17, 15) is 0 Å². The van der Waals surface area contributed by atoms with E-state index >= 15 is 0 Å². The number of thiazole rings is 1. The molecule has 8 heteroatoms. The first-order valence-corrected chi connectivity index (χ1v) is 8.34. The fourth-order valence-electron chi connectivity index (χ4n) is 2.10. The third-order valence-electron chi connectivity index (χ3n) is 3.50. The van der Waals surface area contributed by atoms with Crippen LogP contribution < -0.4 is 15.2 Å². The third-order valence-corrected chi connectivity index (χ3v) is 4.56. The van der Waals surface area contributed by atoms with Gasteiger partial charge in [0.1, 0.15) is 16.5 Å². The lowest BCUT2D eigenvalue weighted by molar-refractivity contribution is 0.402. The second-order valence-electron chi connectivity index (χ2n) is 5.13. The minimum atomic E-state index is 0.0777. The van der Waals surface area contributed by atoms with Gasteiger partial charge in [0.25, 0.3) is 0 Å². The number of hydrogen-bond donors (Lipinski definition) is 2. The predicted octanol–water partition coefficient (Wildman–Crippen LogP) is 2.73. The number of benzene rings is 1. The highest BCUT2D eigenvalue weighted by Gasteiger charge is 2.11. The first-order valence-electron chi connectivity index (χ1n) is 7.52. The van der Waals surface area contributed by atoms with Gasteiger partial charge in [0, 0.05) is 16.7 Å². The lowest BCUT2D eigenvalue weighted by Gasteiger charge is -2.10. The SMILES string of the molecule is COc1ccc(OC)c(/C(C=N)=N/C(N)=NCc2nc(C)c(C)s2)c1. The van der Waals surface area contributed by atoms with Crippen molar-refractivity contribution in [2.24, 2.45) is 15.7 Å². The summed E-state index contributed by atoms with van der Waals surface area (Å²) in [6, 6.07) is 5.26. The zero-order chi connectivity index (χ0) is 18.4. The van der Waals surface area contributed by atoms with Crippen LogP contribution in [0, 0.1) is 19.3 Å². The number of methoxy groups -OCH3 is 2. The molecule has 0 aliphatic rings. The van der Waals surface area contributed by atoms with Gasteiger partial charge in [-0.3, -0.25) is 0 Å². The van der Waals surface area contributed by atoms with E-state index in [1.54, 1.807) is 43.8 Å². The van der Waals surface area contributed by atoms with Crippen molar-refractivity contribution in [2.75, 3.05) is 14.2 Å². The van der Waals surface area contributed by atoms with Crippen molar-refractivity contribution in [1.82, 2.24) is 4.98 Å². The van der Waals surface area contributed by atoms with Gasteiger partial charge in [0.05, 0.1) is 32.2 Å². The average Bonchev–Trinajstić information content (AvgIpc) is 2.95. The number of aryl methyl sites for hydroxylation is 2. The Morgan fingerprint density at radius 1 is 1.32 bits per heavy atom. The van der Waals surface area contributed by atoms with Crippen LogP contribution >= 0.6 is 11.3 Å². The highest BCUT2D eigenvalue weighted by atomic mass is 32.1. The van der Waals surface area contributed by atoms with E-state index in [1.165, 1.54) is 0 Å². The molecule has 7 nitrogen and oxygen atoms in total. The summed E-state index contributed by atoms with van der Waals surface area (Å²) >= 11 is 1.58. The Labute approximate surface area is 150 Å². The fourth-order valence-corrected chi connectivity index (χ4v) is 2.96. The van der Waals surface area contributed by atoms with Gasteiger partial charge < -0.3 is 20.6 Å². The van der Waals surface area contributed by atoms with Crippen LogP contribution in [0.5, 0.6) is 11.5 Å². The largest absolute Gasteiger partial charge is 0.497 e. The van der Waals surface area contributed by atoms with Crippen LogP contribution in [0.4, 0.5) is 0 Å². The molecule has 0 saturated heterocycles. The quantitative estimate of drug-likeness (QED) is 0.611. The van der Waals surface area contributed by atoms with Crippen LogP contribution in [-0.4, -0.2) is 37.1 Å². The lowest BCUT2D eigenvalue weighted by atomic mass is 10.1. The molecule has 0 aliphatic carbocycles. The molecule has 0 saturated carbocycles. The minimum Gasteiger partial charge on any atom is -0.497 e. The molecule has 0 fully saturated rings. The number of hydrogen-bond acceptors (Lipinski definition) is 6. The first kappa shape index (κ1) is 18.6. The first-order chi connectivity index (χ1) is 12.0. The van der Waals surface area contributed by atoms with Crippen LogP contribution in [0.2, 0.25) is 0 Å². The molecule has 0 aliphatic heterocycles. The number of guanidine groups is 1. The van der Waals surface area contributed by atoms with E-state index in [-0.39, 0.29) is 5.96 Å². The van der Waals surface area contributed by atoms with E-state index in [1.807, 2.05) is 13.8 Å². The van der Waals surface area contributed by atoms with Crippen molar-refractivity contribution in [3.8, 4) is 11.5 Å². The molecule has 0 bridgehead atoms. The summed E-state index contributed by atoms with van der Waals surface area (Å²) in [4.78, 5) is 14.1. The van der Waals surface area contributed by atoms with Gasteiger partial charge >= 0.3 is 0 Å². The fraction of sp³-hybridized carbons (Fsp3) is 0.294. The van der Waals surface area contributed by atoms with Crippen LogP contribution in [0.25, 0.3) is 0 Å². The van der Waals surface area contributed by atoms with Crippen molar-refractivity contribution in [3.63, 3.8) is 0 Å². The number of nitrogens with zero attached hydrogens (tertiary/aromatic N) is 3. The maximum absolute atomic E-state index is 7.64. The number of rotatable bonds is 6. The summed E-state index contributed by atoms with van der Waals surface area (Å²) in [5.41, 5.74) is 7.85. The standard InChI is InChI=1S/C17H21N5O2S/c1-10-11(2)25-16(21-10)9-20-17(19)22-14(8-18)13-7-12(23-3)5-6-15(13)24-4/h5-8,18H,9H2,1-4H3,(H2,19,20)/b18-8?,22-14+. The van der Waals surface area contributed by atoms with Gasteiger partial charge in [0.2, 0.25) is 5.96 Å². The molecule has 2 rings (SSSR count). The van der Waals surface area contributed by atoms with E-state index in [4.69, 9.17) is 20.6 Å². The van der Waals surface area contributed by atoms with Crippen molar-refractivity contribution < 1.29 is 9.47 Å². The molecule has 3 N–H and O–H groups in total. The minimum absolute atomic E-state index is 0.0777. The van der Waals surface area contributed by atoms with E-state index in [0.717, 1.165) is 21.8 Å². The predicted molar refractivity (Wildman–Crippen MR) is 102 cm³/mol. The average molecular weight is 359 g/mol. The monoisotopic (exact) mass is 359 g/mol. The van der Waals surface area contributed by atoms with E-state index < -0.39 is 0 Å². The number of nitrogens with two attached hydrogens (primary N) is 1. The highest BCUT2D eigenvalue weighted by Crippen LogP contribution is 2.24. The Morgan fingerprint density at radius 2 is 2.08 bits per heavy atom. The smallest absolute Gasteiger partial charge is 0.216 e. The summed E-state index contributed by atoms with van der Waals surface area (Å²) in [7, 11) is 3.12. The Balaban J connectivity index is 2.29. The Morgan fingerprint density at radius 3 is 2.64 bits per heavy atom. The Bertz CT molecular complexity index is 807. The highest BCUT2D eigenvalue weighted by molar-refractivity contribution is 7.11. The summed E-state index contributed by atoms with van der Waals surface area (Å²) in [5, 5.41) is 8.52. The van der Waals surface area contributed by atoms with Crippen LogP contribution in [-0.2, 0) is 6.54 Å². The number of aliphatic imine (C=N–C) groups is 2. The van der Waals surface area contributed by atoms with Gasteiger partial charge in [-0.05, 0) is 32.0 Å². The normalized spacial score (nSPS) is 12.2. The molecule has 0 amide bonds.